The summed E-state index contributed by atoms with van der Waals surface area (Å²) in [6, 6.07) is 12.0. The summed E-state index contributed by atoms with van der Waals surface area (Å²) in [7, 11) is -3.69. The Morgan fingerprint density at radius 1 is 1.07 bits per heavy atom. The van der Waals surface area contributed by atoms with Crippen LogP contribution in [0.2, 0.25) is 0 Å². The molecule has 3 aromatic rings. The third kappa shape index (κ3) is 9.14. The van der Waals surface area contributed by atoms with E-state index in [0.29, 0.717) is 12.0 Å². The van der Waals surface area contributed by atoms with Gasteiger partial charge in [0.1, 0.15) is 6.10 Å². The molecular weight excluding hydrogens is 605 g/mol. The SMILES string of the molecule is CCOP(=O)(OCC)OCCCC(C)OC(=O)N(O)c1noc(-c2ccccc2)c1N(NCc1cccc(F)c1F)C(C)=O. The van der Waals surface area contributed by atoms with E-state index in [1.807, 2.05) is 0 Å². The molecule has 3 rings (SSSR count). The van der Waals surface area contributed by atoms with Gasteiger partial charge in [-0.15, -0.1) is 5.06 Å². The Bertz CT molecular complexity index is 1430. The van der Waals surface area contributed by atoms with Gasteiger partial charge in [0.2, 0.25) is 11.7 Å². The lowest BCUT2D eigenvalue weighted by molar-refractivity contribution is -0.117. The van der Waals surface area contributed by atoms with Gasteiger partial charge in [0.05, 0.1) is 19.8 Å². The standard InChI is InChI=1S/C28H35F2N4O9P/c1-5-39-44(38,40-6-2)41-17-11-12-19(3)42-28(36)34(37)27-25(26(43-32-27)21-13-8-7-9-14-21)33(20(4)35)31-18-22-15-10-16-23(29)24(22)30/h7-10,13-16,19,31,37H,5-6,11-12,17-18H2,1-4H3. The topological polar surface area (TPSA) is 153 Å². The maximum Gasteiger partial charge on any atom is 0.474 e. The summed E-state index contributed by atoms with van der Waals surface area (Å²) in [5, 5.41) is 15.6. The molecular formula is C28H35F2N4O9P. The monoisotopic (exact) mass is 640 g/mol. The first-order valence-corrected chi connectivity index (χ1v) is 15.2. The summed E-state index contributed by atoms with van der Waals surface area (Å²) in [6.45, 7) is 5.93. The number of aromatic nitrogens is 1. The van der Waals surface area contributed by atoms with Crippen molar-refractivity contribution in [2.24, 2.45) is 0 Å². The van der Waals surface area contributed by atoms with Crippen molar-refractivity contribution in [3.8, 4) is 11.3 Å². The van der Waals surface area contributed by atoms with Crippen LogP contribution in [0.15, 0.2) is 53.1 Å². The molecule has 0 saturated heterocycles. The van der Waals surface area contributed by atoms with Gasteiger partial charge in [-0.1, -0.05) is 47.6 Å². The van der Waals surface area contributed by atoms with Crippen LogP contribution in [0, 0.1) is 11.6 Å². The summed E-state index contributed by atoms with van der Waals surface area (Å²) < 4.78 is 66.6. The first-order chi connectivity index (χ1) is 21.0. The number of benzene rings is 2. The molecule has 13 nitrogen and oxygen atoms in total. The average Bonchev–Trinajstić information content (AvgIpc) is 3.42. The molecule has 44 heavy (non-hydrogen) atoms. The smallest absolute Gasteiger partial charge is 0.445 e. The number of hydrazine groups is 1. The number of hydroxylamine groups is 1. The van der Waals surface area contributed by atoms with Crippen molar-refractivity contribution >= 4 is 31.3 Å². The van der Waals surface area contributed by atoms with Gasteiger partial charge in [0.15, 0.2) is 23.1 Å². The van der Waals surface area contributed by atoms with E-state index in [-0.39, 0.29) is 54.9 Å². The van der Waals surface area contributed by atoms with E-state index in [1.165, 1.54) is 19.1 Å². The fourth-order valence-electron chi connectivity index (χ4n) is 3.94. The van der Waals surface area contributed by atoms with Crippen molar-refractivity contribution in [3.05, 3.63) is 65.7 Å². The van der Waals surface area contributed by atoms with Gasteiger partial charge in [-0.2, -0.15) is 0 Å². The van der Waals surface area contributed by atoms with Crippen LogP contribution in [0.25, 0.3) is 11.3 Å². The minimum absolute atomic E-state index is 0.0129. The number of nitrogens with zero attached hydrogens (tertiary/aromatic N) is 3. The normalized spacial score (nSPS) is 12.2. The number of ether oxygens (including phenoxy) is 1. The second-order valence-corrected chi connectivity index (χ2v) is 10.9. The zero-order valence-corrected chi connectivity index (χ0v) is 25.6. The Morgan fingerprint density at radius 2 is 1.75 bits per heavy atom. The Morgan fingerprint density at radius 3 is 2.39 bits per heavy atom. The number of halogens is 2. The van der Waals surface area contributed by atoms with Gasteiger partial charge in [-0.05, 0) is 39.7 Å². The van der Waals surface area contributed by atoms with E-state index in [4.69, 9.17) is 22.8 Å². The molecule has 1 heterocycles. The highest BCUT2D eigenvalue weighted by Crippen LogP contribution is 2.49. The van der Waals surface area contributed by atoms with Gasteiger partial charge in [0.25, 0.3) is 0 Å². The number of rotatable bonds is 16. The lowest BCUT2D eigenvalue weighted by Crippen LogP contribution is -2.43. The van der Waals surface area contributed by atoms with Crippen LogP contribution >= 0.6 is 7.82 Å². The number of carbonyl (C=O) groups excluding carboxylic acids is 2. The molecule has 0 bridgehead atoms. The highest BCUT2D eigenvalue weighted by molar-refractivity contribution is 7.48. The summed E-state index contributed by atoms with van der Waals surface area (Å²) in [5.74, 6) is -3.37. The molecule has 0 aliphatic carbocycles. The molecule has 0 saturated carbocycles. The number of nitrogens with one attached hydrogen (secondary N) is 1. The Labute approximate surface area is 253 Å². The number of phosphoric ester groups is 1. The second kappa shape index (κ2) is 16.4. The van der Waals surface area contributed by atoms with Crippen LogP contribution in [0.1, 0.15) is 46.1 Å². The minimum Gasteiger partial charge on any atom is -0.445 e. The number of amides is 2. The third-order valence-corrected chi connectivity index (χ3v) is 7.59. The van der Waals surface area contributed by atoms with Gasteiger partial charge in [-0.3, -0.25) is 23.6 Å². The highest BCUT2D eigenvalue weighted by Gasteiger charge is 2.33. The molecule has 0 aliphatic heterocycles. The Balaban J connectivity index is 1.78. The van der Waals surface area contributed by atoms with Crippen molar-refractivity contribution < 1.29 is 51.0 Å². The lowest BCUT2D eigenvalue weighted by atomic mass is 10.1. The van der Waals surface area contributed by atoms with Crippen molar-refractivity contribution in [2.45, 2.75) is 53.2 Å². The maximum atomic E-state index is 14.3. The van der Waals surface area contributed by atoms with E-state index in [9.17, 15) is 28.1 Å². The van der Waals surface area contributed by atoms with Crippen molar-refractivity contribution in [1.29, 1.82) is 0 Å². The molecule has 2 N–H and O–H groups in total. The molecule has 1 atom stereocenters. The van der Waals surface area contributed by atoms with Gasteiger partial charge < -0.3 is 9.26 Å². The van der Waals surface area contributed by atoms with Crippen molar-refractivity contribution in [3.63, 3.8) is 0 Å². The van der Waals surface area contributed by atoms with Crippen LogP contribution in [0.5, 0.6) is 0 Å². The molecule has 16 heteroatoms. The molecule has 1 unspecified atom stereocenters. The minimum atomic E-state index is -3.69. The van der Waals surface area contributed by atoms with E-state index >= 15 is 0 Å². The Kier molecular flexibility index (Phi) is 12.9. The lowest BCUT2D eigenvalue weighted by Gasteiger charge is -2.24. The first kappa shape index (κ1) is 34.8. The fourth-order valence-corrected chi connectivity index (χ4v) is 5.14. The van der Waals surface area contributed by atoms with Crippen molar-refractivity contribution in [2.75, 3.05) is 29.9 Å². The quantitative estimate of drug-likeness (QED) is 0.0777. The number of anilines is 2. The number of carbonyl (C=O) groups is 2. The summed E-state index contributed by atoms with van der Waals surface area (Å²) in [5.41, 5.74) is 2.83. The summed E-state index contributed by atoms with van der Waals surface area (Å²) in [6.07, 6.45) is -1.45. The molecule has 0 radical (unpaired) electrons. The van der Waals surface area contributed by atoms with E-state index < -0.39 is 43.4 Å². The van der Waals surface area contributed by atoms with Crippen LogP contribution in [-0.4, -0.2) is 48.3 Å². The average molecular weight is 641 g/mol. The first-order valence-electron chi connectivity index (χ1n) is 13.8. The zero-order valence-electron chi connectivity index (χ0n) is 24.7. The van der Waals surface area contributed by atoms with E-state index in [1.54, 1.807) is 51.1 Å². The molecule has 0 fully saturated rings. The van der Waals surface area contributed by atoms with Crippen LogP contribution in [0.3, 0.4) is 0 Å². The summed E-state index contributed by atoms with van der Waals surface area (Å²) >= 11 is 0. The molecule has 2 amide bonds. The number of phosphoric acid groups is 1. The molecule has 0 spiro atoms. The Hall–Kier alpha value is -3.72. The number of hydrogen-bond donors (Lipinski definition) is 2. The third-order valence-electron chi connectivity index (χ3n) is 5.94. The predicted octanol–water partition coefficient (Wildman–Crippen LogP) is 6.38. The zero-order chi connectivity index (χ0) is 32.3. The van der Waals surface area contributed by atoms with Crippen LogP contribution < -0.4 is 15.5 Å². The second-order valence-electron chi connectivity index (χ2n) is 9.22. The van der Waals surface area contributed by atoms with E-state index in [0.717, 1.165) is 11.1 Å². The molecule has 1 aromatic heterocycles. The van der Waals surface area contributed by atoms with Crippen LogP contribution in [0.4, 0.5) is 25.1 Å². The predicted molar refractivity (Wildman–Crippen MR) is 155 cm³/mol. The largest absolute Gasteiger partial charge is 0.474 e. The van der Waals surface area contributed by atoms with Gasteiger partial charge in [-0.25, -0.2) is 28.6 Å². The highest BCUT2D eigenvalue weighted by atomic mass is 31.2. The van der Waals surface area contributed by atoms with Crippen LogP contribution in [-0.2, 0) is 34.2 Å². The van der Waals surface area contributed by atoms with Gasteiger partial charge in [0, 0.05) is 24.6 Å². The van der Waals surface area contributed by atoms with E-state index in [2.05, 4.69) is 10.6 Å². The van der Waals surface area contributed by atoms with Crippen molar-refractivity contribution in [1.82, 2.24) is 10.6 Å². The number of hydrogen-bond acceptors (Lipinski definition) is 11. The fraction of sp³-hybridized carbons (Fsp3) is 0.393. The molecule has 0 aliphatic rings. The molecule has 240 valence electrons. The summed E-state index contributed by atoms with van der Waals surface area (Å²) in [4.78, 5) is 25.7. The van der Waals surface area contributed by atoms with Gasteiger partial charge >= 0.3 is 13.9 Å². The molecule has 2 aromatic carbocycles. The maximum absolute atomic E-state index is 14.3.